The molecule has 0 heterocycles. The van der Waals surface area contributed by atoms with Crippen molar-refractivity contribution in [2.45, 2.75) is 0 Å². The predicted molar refractivity (Wildman–Crippen MR) is 71.2 cm³/mol. The molecule has 0 unspecified atom stereocenters. The SMILES string of the molecule is O=C(O)CNC(=S)[S-].O=C(O)CNC(=S)[S-].[K+].[K+]. The third-order valence-corrected chi connectivity index (χ3v) is 1.35. The minimum Gasteiger partial charge on any atom is -0.480 e. The molecule has 0 aromatic rings. The number of nitrogens with one attached hydrogen (secondary N) is 2. The smallest absolute Gasteiger partial charge is 0.480 e. The molecule has 4 N–H and O–H groups in total. The summed E-state index contributed by atoms with van der Waals surface area (Å²) in [5, 5.41) is 20.6. The molecule has 0 spiro atoms. The van der Waals surface area contributed by atoms with Gasteiger partial charge in [-0.2, -0.15) is 0 Å². The monoisotopic (exact) mass is 378 g/mol. The second-order valence-corrected chi connectivity index (χ2v) is 4.22. The fourth-order valence-corrected chi connectivity index (χ4v) is 0.584. The van der Waals surface area contributed by atoms with Crippen molar-refractivity contribution in [2.24, 2.45) is 0 Å². The Bertz CT molecular complexity index is 237. The van der Waals surface area contributed by atoms with E-state index < -0.39 is 11.9 Å². The molecule has 92 valence electrons. The van der Waals surface area contributed by atoms with Crippen LogP contribution in [0.3, 0.4) is 0 Å². The summed E-state index contributed by atoms with van der Waals surface area (Å²) >= 11 is 17.4. The van der Waals surface area contributed by atoms with Crippen LogP contribution in [0.1, 0.15) is 0 Å². The van der Waals surface area contributed by atoms with Crippen LogP contribution in [0.25, 0.3) is 0 Å². The van der Waals surface area contributed by atoms with Crippen LogP contribution in [0, 0.1) is 0 Å². The van der Waals surface area contributed by atoms with Gasteiger partial charge in [-0.1, -0.05) is 8.64 Å². The van der Waals surface area contributed by atoms with Crippen LogP contribution in [0.4, 0.5) is 0 Å². The van der Waals surface area contributed by atoms with Crippen LogP contribution in [0.5, 0.6) is 0 Å². The first-order valence-corrected chi connectivity index (χ1v) is 5.22. The van der Waals surface area contributed by atoms with Crippen molar-refractivity contribution < 1.29 is 123 Å². The van der Waals surface area contributed by atoms with E-state index >= 15 is 0 Å². The van der Waals surface area contributed by atoms with E-state index in [1.807, 2.05) is 0 Å². The van der Waals surface area contributed by atoms with Gasteiger partial charge in [0.1, 0.15) is 13.1 Å². The summed E-state index contributed by atoms with van der Waals surface area (Å²) in [5.41, 5.74) is 0. The molecule has 0 aromatic carbocycles. The van der Waals surface area contributed by atoms with E-state index in [-0.39, 0.29) is 124 Å². The van der Waals surface area contributed by atoms with E-state index in [9.17, 15) is 9.59 Å². The van der Waals surface area contributed by atoms with Crippen molar-refractivity contribution in [1.82, 2.24) is 10.6 Å². The molecule has 0 atom stereocenters. The Morgan fingerprint density at radius 1 is 0.889 bits per heavy atom. The third kappa shape index (κ3) is 36.2. The maximum atomic E-state index is 9.74. The first-order chi connectivity index (χ1) is 7.25. The van der Waals surface area contributed by atoms with Gasteiger partial charge in [0.05, 0.1) is 0 Å². The largest absolute Gasteiger partial charge is 1.00 e. The third-order valence-electron chi connectivity index (χ3n) is 0.768. The van der Waals surface area contributed by atoms with E-state index in [1.54, 1.807) is 0 Å². The second-order valence-electron chi connectivity index (χ2n) is 2.07. The number of carbonyl (C=O) groups is 2. The zero-order valence-corrected chi connectivity index (χ0v) is 19.3. The number of carboxylic acids is 2. The number of thiocarbonyl (C=S) groups is 2. The number of aliphatic carboxylic acids is 2. The predicted octanol–water partition coefficient (Wildman–Crippen LogP) is -7.01. The molecule has 0 saturated carbocycles. The summed E-state index contributed by atoms with van der Waals surface area (Å²) in [5.74, 6) is -1.92. The summed E-state index contributed by atoms with van der Waals surface area (Å²) < 4.78 is 0.180. The summed E-state index contributed by atoms with van der Waals surface area (Å²) in [4.78, 5) is 19.5. The molecule has 0 saturated heterocycles. The van der Waals surface area contributed by atoms with Gasteiger partial charge in [0, 0.05) is 0 Å². The zero-order chi connectivity index (χ0) is 13.1. The van der Waals surface area contributed by atoms with Crippen molar-refractivity contribution in [1.29, 1.82) is 0 Å². The van der Waals surface area contributed by atoms with Crippen LogP contribution >= 0.6 is 24.4 Å². The van der Waals surface area contributed by atoms with Crippen molar-refractivity contribution >= 4 is 70.3 Å². The quantitative estimate of drug-likeness (QED) is 0.215. The van der Waals surface area contributed by atoms with Crippen molar-refractivity contribution in [3.8, 4) is 0 Å². The Balaban J connectivity index is -0.0000000980. The van der Waals surface area contributed by atoms with Gasteiger partial charge >= 0.3 is 115 Å². The van der Waals surface area contributed by atoms with E-state index in [0.717, 1.165) is 0 Å². The average molecular weight is 379 g/mol. The van der Waals surface area contributed by atoms with E-state index in [0.29, 0.717) is 0 Å². The number of hydrogen-bond donors (Lipinski definition) is 4. The maximum Gasteiger partial charge on any atom is 1.00 e. The summed E-state index contributed by atoms with van der Waals surface area (Å²) in [6, 6.07) is 0. The Hall–Kier alpha value is 2.43. The van der Waals surface area contributed by atoms with Gasteiger partial charge in [-0.3, -0.25) is 9.59 Å². The molecule has 0 aliphatic heterocycles. The topological polar surface area (TPSA) is 98.7 Å². The maximum absolute atomic E-state index is 9.74. The Labute approximate surface area is 211 Å². The molecule has 12 heteroatoms. The fourth-order valence-electron chi connectivity index (χ4n) is 0.296. The van der Waals surface area contributed by atoms with Gasteiger partial charge in [0.25, 0.3) is 0 Å². The van der Waals surface area contributed by atoms with Gasteiger partial charge in [0.15, 0.2) is 0 Å². The van der Waals surface area contributed by atoms with Crippen molar-refractivity contribution in [2.75, 3.05) is 13.1 Å². The van der Waals surface area contributed by atoms with Gasteiger partial charge in [-0.05, 0) is 0 Å². The normalized spacial score (nSPS) is 7.11. The minimum absolute atomic E-state index is 0. The first-order valence-electron chi connectivity index (χ1n) is 3.59. The molecule has 18 heavy (non-hydrogen) atoms. The summed E-state index contributed by atoms with van der Waals surface area (Å²) in [6.07, 6.45) is 0. The molecule has 0 rings (SSSR count). The Morgan fingerprint density at radius 2 is 1.11 bits per heavy atom. The Kier molecular flexibility index (Phi) is 30.8. The molecule has 0 fully saturated rings. The van der Waals surface area contributed by atoms with E-state index in [4.69, 9.17) is 10.2 Å². The van der Waals surface area contributed by atoms with Gasteiger partial charge in [-0.15, -0.1) is 0 Å². The molecular formula is C6H8K2N2O4S4. The Morgan fingerprint density at radius 3 is 1.17 bits per heavy atom. The van der Waals surface area contributed by atoms with E-state index in [2.05, 4.69) is 60.3 Å². The van der Waals surface area contributed by atoms with Gasteiger partial charge in [-0.25, -0.2) is 0 Å². The number of rotatable bonds is 4. The summed E-state index contributed by atoms with van der Waals surface area (Å²) in [7, 11) is 0. The molecule has 0 aliphatic rings. The fraction of sp³-hybridized carbons (Fsp3) is 0.333. The molecular weight excluding hydrogens is 371 g/mol. The minimum atomic E-state index is -0.961. The van der Waals surface area contributed by atoms with Crippen LogP contribution < -0.4 is 113 Å². The van der Waals surface area contributed by atoms with E-state index in [1.165, 1.54) is 0 Å². The molecule has 6 nitrogen and oxygen atoms in total. The average Bonchev–Trinajstić information content (AvgIpc) is 2.12. The van der Waals surface area contributed by atoms with Crippen LogP contribution in [-0.2, 0) is 34.8 Å². The number of hydrogen-bond acceptors (Lipinski definition) is 6. The van der Waals surface area contributed by atoms with Crippen molar-refractivity contribution in [3.63, 3.8) is 0 Å². The van der Waals surface area contributed by atoms with Gasteiger partial charge < -0.3 is 70.5 Å². The van der Waals surface area contributed by atoms with Crippen molar-refractivity contribution in [3.05, 3.63) is 0 Å². The second kappa shape index (κ2) is 19.4. The molecule has 0 radical (unpaired) electrons. The van der Waals surface area contributed by atoms with Gasteiger partial charge in [0.2, 0.25) is 0 Å². The molecule has 0 bridgehead atoms. The standard InChI is InChI=1S/2C3H5NO2S2.2K/c2*5-2(6)1-4-3(7)8;;/h2*1H2,(H,5,6)(H2,4,7,8);;/q;;2*+1/p-2. The van der Waals surface area contributed by atoms with Crippen LogP contribution in [0.15, 0.2) is 0 Å². The summed E-state index contributed by atoms with van der Waals surface area (Å²) in [6.45, 7) is -0.384. The van der Waals surface area contributed by atoms with Crippen LogP contribution in [-0.4, -0.2) is 43.9 Å². The molecule has 0 aromatic heterocycles. The molecule has 0 aliphatic carbocycles. The van der Waals surface area contributed by atoms with Crippen LogP contribution in [0.2, 0.25) is 0 Å². The first kappa shape index (κ1) is 28.6. The molecule has 0 amide bonds. The zero-order valence-electron chi connectivity index (χ0n) is 9.76. The number of carboxylic acid groups (broad SMARTS) is 2.